The van der Waals surface area contributed by atoms with Gasteiger partial charge in [-0.25, -0.2) is 14.3 Å². The Labute approximate surface area is 141 Å². The Kier molecular flexibility index (Phi) is 3.46. The molecule has 24 heavy (non-hydrogen) atoms. The molecular formula is C16H14N6OS. The second-order valence-electron chi connectivity index (χ2n) is 5.55. The lowest BCUT2D eigenvalue weighted by atomic mass is 10.1. The normalized spacial score (nSPS) is 11.2. The van der Waals surface area contributed by atoms with Crippen LogP contribution in [0.5, 0.6) is 0 Å². The number of aromatic nitrogens is 6. The van der Waals surface area contributed by atoms with Gasteiger partial charge in [0, 0.05) is 18.0 Å². The summed E-state index contributed by atoms with van der Waals surface area (Å²) >= 11 is 1.50. The number of nitrogens with zero attached hydrogens (tertiary/aromatic N) is 6. The minimum absolute atomic E-state index is 0.208. The van der Waals surface area contributed by atoms with Gasteiger partial charge >= 0.3 is 0 Å². The van der Waals surface area contributed by atoms with Crippen molar-refractivity contribution in [3.8, 4) is 11.3 Å². The zero-order chi connectivity index (χ0) is 16.7. The van der Waals surface area contributed by atoms with Crippen molar-refractivity contribution in [2.45, 2.75) is 13.5 Å². The van der Waals surface area contributed by atoms with E-state index in [1.807, 2.05) is 17.5 Å². The molecule has 3 aromatic heterocycles. The summed E-state index contributed by atoms with van der Waals surface area (Å²) in [6.45, 7) is 2.35. The topological polar surface area (TPSA) is 78.5 Å². The van der Waals surface area contributed by atoms with E-state index in [1.54, 1.807) is 7.05 Å². The van der Waals surface area contributed by atoms with Crippen LogP contribution in [0.25, 0.3) is 22.3 Å². The van der Waals surface area contributed by atoms with Gasteiger partial charge in [0.15, 0.2) is 5.65 Å². The van der Waals surface area contributed by atoms with Gasteiger partial charge in [0.2, 0.25) is 0 Å². The van der Waals surface area contributed by atoms with E-state index in [1.165, 1.54) is 32.5 Å². The van der Waals surface area contributed by atoms with Gasteiger partial charge in [0.25, 0.3) is 5.56 Å². The van der Waals surface area contributed by atoms with Crippen molar-refractivity contribution in [3.05, 3.63) is 56.8 Å². The smallest absolute Gasteiger partial charge is 0.267 e. The number of hydrogen-bond acceptors (Lipinski definition) is 6. The molecule has 0 unspecified atom stereocenters. The molecule has 0 aliphatic rings. The SMILES string of the molecule is Cc1ccc(-c2csc(Cn3nnc4c(cnn4C)c3=O)n2)cc1. The Morgan fingerprint density at radius 1 is 1.21 bits per heavy atom. The molecule has 8 heteroatoms. The van der Waals surface area contributed by atoms with E-state index in [0.29, 0.717) is 17.6 Å². The van der Waals surface area contributed by atoms with E-state index in [0.717, 1.165) is 16.3 Å². The van der Waals surface area contributed by atoms with Crippen molar-refractivity contribution in [1.82, 2.24) is 29.8 Å². The molecule has 0 atom stereocenters. The molecular weight excluding hydrogens is 324 g/mol. The molecule has 0 saturated carbocycles. The third kappa shape index (κ3) is 2.50. The summed E-state index contributed by atoms with van der Waals surface area (Å²) in [5.74, 6) is 0. The fraction of sp³-hybridized carbons (Fsp3) is 0.188. The second kappa shape index (κ2) is 5.64. The van der Waals surface area contributed by atoms with Crippen LogP contribution in [0.2, 0.25) is 0 Å². The predicted molar refractivity (Wildman–Crippen MR) is 92.0 cm³/mol. The maximum Gasteiger partial charge on any atom is 0.281 e. The van der Waals surface area contributed by atoms with Crippen molar-refractivity contribution >= 4 is 22.4 Å². The summed E-state index contributed by atoms with van der Waals surface area (Å²) in [6.07, 6.45) is 1.52. The highest BCUT2D eigenvalue weighted by Crippen LogP contribution is 2.22. The Morgan fingerprint density at radius 2 is 2.00 bits per heavy atom. The number of rotatable bonds is 3. The van der Waals surface area contributed by atoms with Gasteiger partial charge in [-0.3, -0.25) is 4.79 Å². The molecule has 120 valence electrons. The third-order valence-electron chi connectivity index (χ3n) is 3.80. The molecule has 4 aromatic rings. The minimum atomic E-state index is -0.208. The van der Waals surface area contributed by atoms with Crippen LogP contribution in [0.1, 0.15) is 10.6 Å². The van der Waals surface area contributed by atoms with Gasteiger partial charge in [-0.2, -0.15) is 5.10 Å². The molecule has 0 spiro atoms. The zero-order valence-corrected chi connectivity index (χ0v) is 14.0. The number of aryl methyl sites for hydroxylation is 2. The van der Waals surface area contributed by atoms with Crippen LogP contribution in [0.3, 0.4) is 0 Å². The monoisotopic (exact) mass is 338 g/mol. The van der Waals surface area contributed by atoms with Crippen LogP contribution >= 0.6 is 11.3 Å². The average molecular weight is 338 g/mol. The van der Waals surface area contributed by atoms with E-state index < -0.39 is 0 Å². The van der Waals surface area contributed by atoms with Crippen LogP contribution in [-0.2, 0) is 13.6 Å². The first kappa shape index (κ1) is 14.7. The Bertz CT molecular complexity index is 1080. The van der Waals surface area contributed by atoms with E-state index >= 15 is 0 Å². The highest BCUT2D eigenvalue weighted by molar-refractivity contribution is 7.09. The number of fused-ring (bicyclic) bond motifs is 1. The van der Waals surface area contributed by atoms with Gasteiger partial charge in [-0.15, -0.1) is 16.4 Å². The molecule has 0 aliphatic carbocycles. The van der Waals surface area contributed by atoms with Gasteiger partial charge in [0.05, 0.1) is 18.4 Å². The maximum absolute atomic E-state index is 12.4. The molecule has 3 heterocycles. The Hall–Kier alpha value is -2.87. The standard InChI is InChI=1S/C16H14N6OS/c1-10-3-5-11(6-4-10)13-9-24-14(18-13)8-22-16(23)12-7-17-21(2)15(12)19-20-22/h3-7,9H,8H2,1-2H3. The third-order valence-corrected chi connectivity index (χ3v) is 4.64. The summed E-state index contributed by atoms with van der Waals surface area (Å²) in [5, 5.41) is 15.4. The summed E-state index contributed by atoms with van der Waals surface area (Å²) in [6, 6.07) is 8.20. The molecule has 0 radical (unpaired) electrons. The molecule has 0 N–H and O–H groups in total. The molecule has 0 saturated heterocycles. The maximum atomic E-state index is 12.4. The van der Waals surface area contributed by atoms with Gasteiger partial charge in [0.1, 0.15) is 10.4 Å². The van der Waals surface area contributed by atoms with Crippen LogP contribution in [0, 0.1) is 6.92 Å². The molecule has 1 aromatic carbocycles. The number of thiazole rings is 1. The summed E-state index contributed by atoms with van der Waals surface area (Å²) in [7, 11) is 1.73. The first-order chi connectivity index (χ1) is 11.6. The lowest BCUT2D eigenvalue weighted by molar-refractivity contribution is 0.593. The molecule has 0 fully saturated rings. The molecule has 7 nitrogen and oxygen atoms in total. The summed E-state index contributed by atoms with van der Waals surface area (Å²) in [4.78, 5) is 17.0. The highest BCUT2D eigenvalue weighted by Gasteiger charge is 2.12. The number of hydrogen-bond donors (Lipinski definition) is 0. The lowest BCUT2D eigenvalue weighted by Crippen LogP contribution is -2.24. The van der Waals surface area contributed by atoms with Crippen LogP contribution < -0.4 is 5.56 Å². The molecule has 0 aliphatic heterocycles. The minimum Gasteiger partial charge on any atom is -0.267 e. The van der Waals surface area contributed by atoms with E-state index in [4.69, 9.17) is 0 Å². The van der Waals surface area contributed by atoms with Crippen molar-refractivity contribution in [2.75, 3.05) is 0 Å². The quantitative estimate of drug-likeness (QED) is 0.571. The highest BCUT2D eigenvalue weighted by atomic mass is 32.1. The van der Waals surface area contributed by atoms with Crippen LogP contribution in [0.15, 0.2) is 40.6 Å². The van der Waals surface area contributed by atoms with Crippen LogP contribution in [-0.4, -0.2) is 29.8 Å². The molecule has 0 bridgehead atoms. The van der Waals surface area contributed by atoms with Gasteiger partial charge in [-0.1, -0.05) is 35.0 Å². The Morgan fingerprint density at radius 3 is 2.79 bits per heavy atom. The Balaban J connectivity index is 1.65. The van der Waals surface area contributed by atoms with E-state index in [-0.39, 0.29) is 5.56 Å². The van der Waals surface area contributed by atoms with Gasteiger partial charge in [-0.05, 0) is 6.92 Å². The first-order valence-corrected chi connectivity index (χ1v) is 8.27. The zero-order valence-electron chi connectivity index (χ0n) is 13.2. The first-order valence-electron chi connectivity index (χ1n) is 7.39. The summed E-state index contributed by atoms with van der Waals surface area (Å²) in [5.41, 5.74) is 3.44. The molecule has 0 amide bonds. The van der Waals surface area contributed by atoms with Gasteiger partial charge < -0.3 is 0 Å². The van der Waals surface area contributed by atoms with E-state index in [9.17, 15) is 4.79 Å². The van der Waals surface area contributed by atoms with Crippen molar-refractivity contribution in [3.63, 3.8) is 0 Å². The lowest BCUT2D eigenvalue weighted by Gasteiger charge is -2.01. The molecule has 4 rings (SSSR count). The van der Waals surface area contributed by atoms with Crippen LogP contribution in [0.4, 0.5) is 0 Å². The summed E-state index contributed by atoms with van der Waals surface area (Å²) < 4.78 is 2.86. The predicted octanol–water partition coefficient (Wildman–Crippen LogP) is 2.01. The largest absolute Gasteiger partial charge is 0.281 e. The number of benzene rings is 1. The average Bonchev–Trinajstić information content (AvgIpc) is 3.19. The van der Waals surface area contributed by atoms with Crippen molar-refractivity contribution in [2.24, 2.45) is 7.05 Å². The van der Waals surface area contributed by atoms with Crippen molar-refractivity contribution in [1.29, 1.82) is 0 Å². The fourth-order valence-electron chi connectivity index (χ4n) is 2.45. The van der Waals surface area contributed by atoms with E-state index in [2.05, 4.69) is 39.5 Å². The fourth-order valence-corrected chi connectivity index (χ4v) is 3.23. The van der Waals surface area contributed by atoms with Crippen molar-refractivity contribution < 1.29 is 0 Å². The second-order valence-corrected chi connectivity index (χ2v) is 6.49.